The van der Waals surface area contributed by atoms with Crippen molar-refractivity contribution in [1.82, 2.24) is 0 Å². The Balaban J connectivity index is 3.18. The van der Waals surface area contributed by atoms with Crippen LogP contribution in [0.4, 0.5) is 8.78 Å². The van der Waals surface area contributed by atoms with Crippen LogP contribution in [0.3, 0.4) is 0 Å². The molecular formula is C14H14F2O. The average Bonchev–Trinajstić information content (AvgIpc) is 2.26. The van der Waals surface area contributed by atoms with Crippen molar-refractivity contribution in [2.24, 2.45) is 0 Å². The Labute approximate surface area is 99.5 Å². The minimum absolute atomic E-state index is 0.168. The second-order valence-corrected chi connectivity index (χ2v) is 3.73. The van der Waals surface area contributed by atoms with E-state index in [9.17, 15) is 13.6 Å². The number of Topliss-reactive ketones (excluding diaryl/α,β-unsaturated/α-hetero) is 1. The van der Waals surface area contributed by atoms with Crippen LogP contribution in [0, 0.1) is 11.6 Å². The molecule has 1 aromatic carbocycles. The number of hydrogen-bond acceptors (Lipinski definition) is 1. The molecule has 17 heavy (non-hydrogen) atoms. The number of ketones is 1. The summed E-state index contributed by atoms with van der Waals surface area (Å²) in [5.41, 5.74) is 1.24. The SMILES string of the molecule is C=C(/C=C(\CC)c1ccc(F)cc1F)C(C)=O. The van der Waals surface area contributed by atoms with Gasteiger partial charge in [-0.05, 0) is 37.1 Å². The van der Waals surface area contributed by atoms with Crippen molar-refractivity contribution in [3.05, 3.63) is 53.6 Å². The lowest BCUT2D eigenvalue weighted by atomic mass is 9.99. The van der Waals surface area contributed by atoms with Crippen molar-refractivity contribution in [3.63, 3.8) is 0 Å². The number of rotatable bonds is 4. The van der Waals surface area contributed by atoms with E-state index in [-0.39, 0.29) is 5.78 Å². The quantitative estimate of drug-likeness (QED) is 0.572. The average molecular weight is 236 g/mol. The highest BCUT2D eigenvalue weighted by Crippen LogP contribution is 2.23. The highest BCUT2D eigenvalue weighted by molar-refractivity contribution is 5.97. The van der Waals surface area contributed by atoms with Crippen molar-refractivity contribution >= 4 is 11.4 Å². The van der Waals surface area contributed by atoms with Gasteiger partial charge in [0.1, 0.15) is 11.6 Å². The zero-order chi connectivity index (χ0) is 13.0. The summed E-state index contributed by atoms with van der Waals surface area (Å²) in [5.74, 6) is -1.42. The monoisotopic (exact) mass is 236 g/mol. The molecule has 0 spiro atoms. The van der Waals surface area contributed by atoms with E-state index in [0.717, 1.165) is 6.07 Å². The second kappa shape index (κ2) is 5.53. The van der Waals surface area contributed by atoms with Gasteiger partial charge in [-0.3, -0.25) is 4.79 Å². The normalized spacial score (nSPS) is 11.4. The fourth-order valence-electron chi connectivity index (χ4n) is 1.43. The van der Waals surface area contributed by atoms with Gasteiger partial charge >= 0.3 is 0 Å². The molecule has 1 nitrogen and oxygen atoms in total. The summed E-state index contributed by atoms with van der Waals surface area (Å²) in [6.45, 7) is 6.82. The number of carbonyl (C=O) groups is 1. The van der Waals surface area contributed by atoms with Gasteiger partial charge in [0, 0.05) is 17.2 Å². The Morgan fingerprint density at radius 2 is 2.06 bits per heavy atom. The summed E-state index contributed by atoms with van der Waals surface area (Å²) < 4.78 is 26.3. The fourth-order valence-corrected chi connectivity index (χ4v) is 1.43. The van der Waals surface area contributed by atoms with Crippen LogP contribution in [-0.4, -0.2) is 5.78 Å². The first kappa shape index (κ1) is 13.3. The summed E-state index contributed by atoms with van der Waals surface area (Å²) in [4.78, 5) is 11.1. The van der Waals surface area contributed by atoms with Crippen LogP contribution in [0.15, 0.2) is 36.4 Å². The van der Waals surface area contributed by atoms with Crippen molar-refractivity contribution in [1.29, 1.82) is 0 Å². The topological polar surface area (TPSA) is 17.1 Å². The van der Waals surface area contributed by atoms with E-state index in [1.165, 1.54) is 19.1 Å². The van der Waals surface area contributed by atoms with Gasteiger partial charge < -0.3 is 0 Å². The van der Waals surface area contributed by atoms with Gasteiger partial charge in [-0.1, -0.05) is 13.5 Å². The minimum Gasteiger partial charge on any atom is -0.295 e. The second-order valence-electron chi connectivity index (χ2n) is 3.73. The maximum Gasteiger partial charge on any atom is 0.159 e. The summed E-state index contributed by atoms with van der Waals surface area (Å²) in [6, 6.07) is 3.39. The third-order valence-corrected chi connectivity index (χ3v) is 2.46. The standard InChI is InChI=1S/C14H14F2O/c1-4-11(7-9(2)10(3)17)13-6-5-12(15)8-14(13)16/h5-8H,2,4H2,1,3H3/b11-7+. The van der Waals surface area contributed by atoms with E-state index in [2.05, 4.69) is 6.58 Å². The van der Waals surface area contributed by atoms with Gasteiger partial charge in [0.15, 0.2) is 5.78 Å². The van der Waals surface area contributed by atoms with Gasteiger partial charge in [-0.2, -0.15) is 0 Å². The molecule has 0 N–H and O–H groups in total. The van der Waals surface area contributed by atoms with Crippen LogP contribution in [0.5, 0.6) is 0 Å². The summed E-state index contributed by atoms with van der Waals surface area (Å²) in [6.07, 6.45) is 2.08. The Hall–Kier alpha value is -1.77. The number of halogens is 2. The van der Waals surface area contributed by atoms with Crippen LogP contribution < -0.4 is 0 Å². The molecule has 0 aliphatic heterocycles. The zero-order valence-electron chi connectivity index (χ0n) is 9.89. The predicted octanol–water partition coefficient (Wildman–Crippen LogP) is 3.90. The molecule has 0 aliphatic carbocycles. The molecule has 0 radical (unpaired) electrons. The summed E-state index contributed by atoms with van der Waals surface area (Å²) >= 11 is 0. The Morgan fingerprint density at radius 1 is 1.41 bits per heavy atom. The highest BCUT2D eigenvalue weighted by Gasteiger charge is 2.09. The van der Waals surface area contributed by atoms with Crippen molar-refractivity contribution in [2.45, 2.75) is 20.3 Å². The lowest BCUT2D eigenvalue weighted by molar-refractivity contribution is -0.113. The number of carbonyl (C=O) groups excluding carboxylic acids is 1. The molecule has 0 saturated heterocycles. The number of allylic oxidation sites excluding steroid dienone is 3. The fraction of sp³-hybridized carbons (Fsp3) is 0.214. The molecule has 1 rings (SSSR count). The van der Waals surface area contributed by atoms with Crippen LogP contribution in [-0.2, 0) is 4.79 Å². The molecule has 0 atom stereocenters. The molecule has 90 valence electrons. The van der Waals surface area contributed by atoms with Crippen molar-refractivity contribution in [3.8, 4) is 0 Å². The summed E-state index contributed by atoms with van der Waals surface area (Å²) in [5, 5.41) is 0. The smallest absolute Gasteiger partial charge is 0.159 e. The van der Waals surface area contributed by atoms with Crippen LogP contribution in [0.25, 0.3) is 5.57 Å². The molecule has 0 unspecified atom stereocenters. The molecule has 0 bridgehead atoms. The van der Waals surface area contributed by atoms with E-state index in [1.807, 2.05) is 6.92 Å². The molecule has 0 saturated carbocycles. The Bertz CT molecular complexity index is 487. The lowest BCUT2D eigenvalue weighted by Gasteiger charge is -2.07. The van der Waals surface area contributed by atoms with Gasteiger partial charge in [0.25, 0.3) is 0 Å². The minimum atomic E-state index is -0.630. The molecule has 0 amide bonds. The van der Waals surface area contributed by atoms with Gasteiger partial charge in [-0.25, -0.2) is 8.78 Å². The molecule has 0 fully saturated rings. The highest BCUT2D eigenvalue weighted by atomic mass is 19.1. The molecule has 0 heterocycles. The Kier molecular flexibility index (Phi) is 4.32. The lowest BCUT2D eigenvalue weighted by Crippen LogP contribution is -1.95. The van der Waals surface area contributed by atoms with E-state index < -0.39 is 11.6 Å². The maximum atomic E-state index is 13.5. The van der Waals surface area contributed by atoms with Crippen LogP contribution in [0.1, 0.15) is 25.8 Å². The first-order chi connectivity index (χ1) is 7.95. The van der Waals surface area contributed by atoms with Crippen molar-refractivity contribution in [2.75, 3.05) is 0 Å². The first-order valence-electron chi connectivity index (χ1n) is 5.31. The number of benzene rings is 1. The van der Waals surface area contributed by atoms with Crippen molar-refractivity contribution < 1.29 is 13.6 Å². The van der Waals surface area contributed by atoms with Crippen LogP contribution >= 0.6 is 0 Å². The first-order valence-corrected chi connectivity index (χ1v) is 5.31. The third-order valence-electron chi connectivity index (χ3n) is 2.46. The molecular weight excluding hydrogens is 222 g/mol. The third kappa shape index (κ3) is 3.34. The molecule has 0 aliphatic rings. The van der Waals surface area contributed by atoms with E-state index in [1.54, 1.807) is 6.08 Å². The van der Waals surface area contributed by atoms with E-state index >= 15 is 0 Å². The van der Waals surface area contributed by atoms with Crippen LogP contribution in [0.2, 0.25) is 0 Å². The van der Waals surface area contributed by atoms with Gasteiger partial charge in [0.2, 0.25) is 0 Å². The predicted molar refractivity (Wildman–Crippen MR) is 64.4 cm³/mol. The molecule has 1 aromatic rings. The number of hydrogen-bond donors (Lipinski definition) is 0. The summed E-state index contributed by atoms with van der Waals surface area (Å²) in [7, 11) is 0. The Morgan fingerprint density at radius 3 is 2.53 bits per heavy atom. The van der Waals surface area contributed by atoms with E-state index in [0.29, 0.717) is 23.1 Å². The van der Waals surface area contributed by atoms with Gasteiger partial charge in [0.05, 0.1) is 0 Å². The molecule has 3 heteroatoms. The maximum absolute atomic E-state index is 13.5. The van der Waals surface area contributed by atoms with Gasteiger partial charge in [-0.15, -0.1) is 0 Å². The zero-order valence-corrected chi connectivity index (χ0v) is 9.89. The molecule has 0 aromatic heterocycles. The largest absolute Gasteiger partial charge is 0.295 e. The van der Waals surface area contributed by atoms with E-state index in [4.69, 9.17) is 0 Å².